The number of aliphatic hydroxyl groups is 1. The van der Waals surface area contributed by atoms with Gasteiger partial charge >= 0.3 is 0 Å². The minimum absolute atomic E-state index is 0.00126. The molecule has 4 fully saturated rings. The average Bonchev–Trinajstić information content (AvgIpc) is 2.65. The predicted octanol–water partition coefficient (Wildman–Crippen LogP) is 4.21. The van der Waals surface area contributed by atoms with Crippen molar-refractivity contribution in [2.24, 2.45) is 39.9 Å². The van der Waals surface area contributed by atoms with Crippen molar-refractivity contribution in [2.75, 3.05) is 0 Å². The van der Waals surface area contributed by atoms with Gasteiger partial charge in [0.2, 0.25) is 0 Å². The lowest BCUT2D eigenvalue weighted by molar-refractivity contribution is -0.183. The van der Waals surface area contributed by atoms with Gasteiger partial charge in [-0.2, -0.15) is 0 Å². The van der Waals surface area contributed by atoms with Gasteiger partial charge in [0.25, 0.3) is 0 Å². The molecule has 0 amide bonds. The van der Waals surface area contributed by atoms with Crippen LogP contribution in [0.1, 0.15) is 72.6 Å². The molecule has 1 spiro atoms. The number of carbonyl (C=O) groups excluding carboxylic acids is 1. The van der Waals surface area contributed by atoms with E-state index in [0.29, 0.717) is 29.5 Å². The summed E-state index contributed by atoms with van der Waals surface area (Å²) in [7, 11) is 0. The summed E-state index contributed by atoms with van der Waals surface area (Å²) < 4.78 is 0. The Bertz CT molecular complexity index is 510. The maximum absolute atomic E-state index is 13.1. The van der Waals surface area contributed by atoms with E-state index in [4.69, 9.17) is 0 Å². The van der Waals surface area contributed by atoms with Crippen LogP contribution in [-0.2, 0) is 4.79 Å². The van der Waals surface area contributed by atoms with Gasteiger partial charge in [-0.3, -0.25) is 4.79 Å². The molecule has 0 unspecified atom stereocenters. The van der Waals surface area contributed by atoms with E-state index in [0.717, 1.165) is 25.7 Å². The number of hydrogen-bond donors (Lipinski definition) is 1. The van der Waals surface area contributed by atoms with Crippen LogP contribution in [0, 0.1) is 39.9 Å². The molecule has 0 aromatic rings. The maximum atomic E-state index is 13.1. The molecule has 2 nitrogen and oxygen atoms in total. The van der Waals surface area contributed by atoms with E-state index in [1.54, 1.807) is 0 Å². The molecule has 2 bridgehead atoms. The monoisotopic (exact) mass is 304 g/mol. The average molecular weight is 304 g/mol. The molecule has 22 heavy (non-hydrogen) atoms. The minimum Gasteiger partial charge on any atom is -0.393 e. The Morgan fingerprint density at radius 2 is 1.73 bits per heavy atom. The first-order valence-electron chi connectivity index (χ1n) is 9.46. The molecule has 0 saturated heterocycles. The van der Waals surface area contributed by atoms with Crippen molar-refractivity contribution in [3.63, 3.8) is 0 Å². The SMILES string of the molecule is C[C@H]1C(=O)[C@@]23CC[C@@H]4C(C)(C)[C@@H](O)CC[C@@]4(C)[C@H]2CC[C@@H]1C3. The highest BCUT2D eigenvalue weighted by molar-refractivity contribution is 5.90. The summed E-state index contributed by atoms with van der Waals surface area (Å²) in [5, 5.41) is 10.5. The summed E-state index contributed by atoms with van der Waals surface area (Å²) in [5.74, 6) is 2.70. The van der Waals surface area contributed by atoms with Crippen LogP contribution in [0.5, 0.6) is 0 Å². The van der Waals surface area contributed by atoms with Crippen molar-refractivity contribution < 1.29 is 9.90 Å². The molecule has 1 N–H and O–H groups in total. The molecule has 7 atom stereocenters. The number of fused-ring (bicyclic) bond motifs is 3. The van der Waals surface area contributed by atoms with Crippen LogP contribution in [0.4, 0.5) is 0 Å². The van der Waals surface area contributed by atoms with E-state index in [9.17, 15) is 9.90 Å². The fourth-order valence-electron chi connectivity index (χ4n) is 7.69. The van der Waals surface area contributed by atoms with E-state index in [1.807, 2.05) is 0 Å². The second-order valence-electron chi connectivity index (χ2n) is 9.88. The van der Waals surface area contributed by atoms with Crippen LogP contribution in [0.15, 0.2) is 0 Å². The van der Waals surface area contributed by atoms with E-state index in [2.05, 4.69) is 27.7 Å². The molecular formula is C20H32O2. The smallest absolute Gasteiger partial charge is 0.142 e. The van der Waals surface area contributed by atoms with Crippen molar-refractivity contribution in [2.45, 2.75) is 78.7 Å². The largest absolute Gasteiger partial charge is 0.393 e. The molecule has 4 saturated carbocycles. The van der Waals surface area contributed by atoms with E-state index >= 15 is 0 Å². The second kappa shape index (κ2) is 4.37. The number of ketones is 1. The lowest BCUT2D eigenvalue weighted by atomic mass is 9.40. The third kappa shape index (κ3) is 1.58. The van der Waals surface area contributed by atoms with Crippen LogP contribution >= 0.6 is 0 Å². The Labute approximate surface area is 135 Å². The Balaban J connectivity index is 1.77. The zero-order chi connectivity index (χ0) is 15.9. The van der Waals surface area contributed by atoms with Crippen molar-refractivity contribution in [3.05, 3.63) is 0 Å². The molecule has 2 heteroatoms. The van der Waals surface area contributed by atoms with Crippen LogP contribution in [0.25, 0.3) is 0 Å². The second-order valence-corrected chi connectivity index (χ2v) is 9.88. The summed E-state index contributed by atoms with van der Waals surface area (Å²) in [6, 6.07) is 0. The number of carbonyl (C=O) groups is 1. The highest BCUT2D eigenvalue weighted by Gasteiger charge is 2.67. The molecular weight excluding hydrogens is 272 g/mol. The molecule has 0 aromatic carbocycles. The van der Waals surface area contributed by atoms with Crippen molar-refractivity contribution >= 4 is 5.78 Å². The van der Waals surface area contributed by atoms with Gasteiger partial charge in [0.1, 0.15) is 5.78 Å². The fourth-order valence-corrected chi connectivity index (χ4v) is 7.69. The summed E-state index contributed by atoms with van der Waals surface area (Å²) in [4.78, 5) is 13.1. The Morgan fingerprint density at radius 1 is 1.00 bits per heavy atom. The van der Waals surface area contributed by atoms with Gasteiger partial charge in [0.15, 0.2) is 0 Å². The molecule has 4 aliphatic rings. The van der Waals surface area contributed by atoms with Gasteiger partial charge in [0, 0.05) is 11.3 Å². The summed E-state index contributed by atoms with van der Waals surface area (Å²) in [5.41, 5.74) is 0.260. The maximum Gasteiger partial charge on any atom is 0.142 e. The third-order valence-corrected chi connectivity index (χ3v) is 8.92. The van der Waals surface area contributed by atoms with Gasteiger partial charge < -0.3 is 5.11 Å². The topological polar surface area (TPSA) is 37.3 Å². The van der Waals surface area contributed by atoms with E-state index in [-0.39, 0.29) is 22.3 Å². The molecule has 0 aromatic heterocycles. The molecule has 0 heterocycles. The Morgan fingerprint density at radius 3 is 2.45 bits per heavy atom. The zero-order valence-electron chi connectivity index (χ0n) is 14.7. The lowest BCUT2D eigenvalue weighted by Gasteiger charge is -2.64. The standard InChI is InChI=1S/C20H32O2/c1-12-13-5-6-15-19(4)9-8-16(21)18(2,3)14(19)7-10-20(15,11-13)17(12)22/h12-16,21H,5-11H2,1-4H3/t12-,13-,14-,15-,16+,19-,20-/m1/s1. The number of hydrogen-bond acceptors (Lipinski definition) is 2. The Kier molecular flexibility index (Phi) is 3.02. The third-order valence-electron chi connectivity index (χ3n) is 8.92. The van der Waals surface area contributed by atoms with Crippen LogP contribution < -0.4 is 0 Å². The number of aliphatic hydroxyl groups excluding tert-OH is 1. The molecule has 0 radical (unpaired) electrons. The summed E-state index contributed by atoms with van der Waals surface area (Å²) >= 11 is 0. The van der Waals surface area contributed by atoms with Crippen molar-refractivity contribution in [3.8, 4) is 0 Å². The van der Waals surface area contributed by atoms with E-state index < -0.39 is 0 Å². The highest BCUT2D eigenvalue weighted by atomic mass is 16.3. The first kappa shape index (κ1) is 15.2. The molecule has 4 rings (SSSR count). The van der Waals surface area contributed by atoms with Gasteiger partial charge in [-0.05, 0) is 73.5 Å². The quantitative estimate of drug-likeness (QED) is 0.728. The predicted molar refractivity (Wildman–Crippen MR) is 87.3 cm³/mol. The van der Waals surface area contributed by atoms with Crippen LogP contribution in [0.3, 0.4) is 0 Å². The first-order valence-corrected chi connectivity index (χ1v) is 9.46. The van der Waals surface area contributed by atoms with Gasteiger partial charge in [-0.1, -0.05) is 27.7 Å². The van der Waals surface area contributed by atoms with E-state index in [1.165, 1.54) is 19.3 Å². The lowest BCUT2D eigenvalue weighted by Crippen LogP contribution is -2.60. The molecule has 124 valence electrons. The summed E-state index contributed by atoms with van der Waals surface area (Å²) in [6.45, 7) is 9.19. The molecule has 4 aliphatic carbocycles. The first-order chi connectivity index (χ1) is 10.2. The normalized spacial score (nSPS) is 56.4. The number of rotatable bonds is 0. The Hall–Kier alpha value is -0.370. The fraction of sp³-hybridized carbons (Fsp3) is 0.950. The molecule has 0 aliphatic heterocycles. The number of Topliss-reactive ketones (excluding diaryl/α,β-unsaturated/α-hetero) is 1. The van der Waals surface area contributed by atoms with Gasteiger partial charge in [-0.25, -0.2) is 0 Å². The van der Waals surface area contributed by atoms with Crippen LogP contribution in [-0.4, -0.2) is 17.0 Å². The van der Waals surface area contributed by atoms with Crippen LogP contribution in [0.2, 0.25) is 0 Å². The van der Waals surface area contributed by atoms with Crippen molar-refractivity contribution in [1.82, 2.24) is 0 Å². The van der Waals surface area contributed by atoms with Crippen molar-refractivity contribution in [1.29, 1.82) is 0 Å². The van der Waals surface area contributed by atoms with Gasteiger partial charge in [-0.15, -0.1) is 0 Å². The zero-order valence-corrected chi connectivity index (χ0v) is 14.7. The highest BCUT2D eigenvalue weighted by Crippen LogP contribution is 2.71. The summed E-state index contributed by atoms with van der Waals surface area (Å²) in [6.07, 6.45) is 7.76. The van der Waals surface area contributed by atoms with Gasteiger partial charge in [0.05, 0.1) is 6.10 Å². The minimum atomic E-state index is -0.172.